The first kappa shape index (κ1) is 12.4. The fourth-order valence-corrected chi connectivity index (χ4v) is 2.58. The lowest BCUT2D eigenvalue weighted by molar-refractivity contribution is -0.138. The average Bonchev–Trinajstić information content (AvgIpc) is 2.63. The van der Waals surface area contributed by atoms with E-state index in [9.17, 15) is 9.59 Å². The zero-order valence-electron chi connectivity index (χ0n) is 10.5. The molecule has 2 fully saturated rings. The average molecular weight is 238 g/mol. The summed E-state index contributed by atoms with van der Waals surface area (Å²) in [5.74, 6) is 0.444. The lowest BCUT2D eigenvalue weighted by Gasteiger charge is -2.29. The molecule has 2 heterocycles. The van der Waals surface area contributed by atoms with Gasteiger partial charge in [0, 0.05) is 25.9 Å². The van der Waals surface area contributed by atoms with Crippen molar-refractivity contribution in [3.8, 4) is 0 Å². The molecule has 0 atom stereocenters. The Labute approximate surface area is 103 Å². The summed E-state index contributed by atoms with van der Waals surface area (Å²) < 4.78 is 0. The number of rotatable bonds is 2. The molecule has 0 aromatic carbocycles. The molecule has 0 aromatic heterocycles. The third-order valence-corrected chi connectivity index (χ3v) is 3.68. The molecule has 17 heavy (non-hydrogen) atoms. The summed E-state index contributed by atoms with van der Waals surface area (Å²) in [4.78, 5) is 27.5. The summed E-state index contributed by atoms with van der Waals surface area (Å²) in [5.41, 5.74) is 0. The van der Waals surface area contributed by atoms with Gasteiger partial charge in [-0.2, -0.15) is 0 Å². The third kappa shape index (κ3) is 3.45. The van der Waals surface area contributed by atoms with Gasteiger partial charge in [0.1, 0.15) is 0 Å². The largest absolute Gasteiger partial charge is 0.325 e. The maximum Gasteiger partial charge on any atom is 0.223 e. The quantitative estimate of drug-likeness (QED) is 0.735. The van der Waals surface area contributed by atoms with Crippen molar-refractivity contribution in [3.63, 3.8) is 0 Å². The van der Waals surface area contributed by atoms with Gasteiger partial charge in [-0.1, -0.05) is 12.8 Å². The minimum atomic E-state index is 0.222. The number of nitrogens with zero attached hydrogens (tertiary/aromatic N) is 2. The van der Waals surface area contributed by atoms with E-state index in [1.807, 2.05) is 9.80 Å². The molecule has 2 aliphatic rings. The molecule has 0 aromatic rings. The molecule has 2 saturated heterocycles. The van der Waals surface area contributed by atoms with Crippen LogP contribution in [0.1, 0.15) is 51.4 Å². The summed E-state index contributed by atoms with van der Waals surface area (Å²) in [6, 6.07) is 0. The first-order valence-electron chi connectivity index (χ1n) is 6.83. The SMILES string of the molecule is O=C1CCCCCN1CN1CCCCCC1=O. The van der Waals surface area contributed by atoms with Gasteiger partial charge in [-0.25, -0.2) is 0 Å². The number of amides is 2. The highest BCUT2D eigenvalue weighted by molar-refractivity contribution is 5.79. The van der Waals surface area contributed by atoms with Crippen LogP contribution in [-0.2, 0) is 9.59 Å². The maximum absolute atomic E-state index is 11.9. The number of carbonyl (C=O) groups excluding carboxylic acids is 2. The molecule has 4 heteroatoms. The Hall–Kier alpha value is -1.06. The summed E-state index contributed by atoms with van der Waals surface area (Å²) in [7, 11) is 0. The Morgan fingerprint density at radius 2 is 1.18 bits per heavy atom. The van der Waals surface area contributed by atoms with E-state index < -0.39 is 0 Å². The Kier molecular flexibility index (Phi) is 4.40. The van der Waals surface area contributed by atoms with Crippen LogP contribution in [0.25, 0.3) is 0 Å². The van der Waals surface area contributed by atoms with Crippen molar-refractivity contribution in [2.24, 2.45) is 0 Å². The second-order valence-electron chi connectivity index (χ2n) is 5.08. The fourth-order valence-electron chi connectivity index (χ4n) is 2.58. The van der Waals surface area contributed by atoms with Gasteiger partial charge >= 0.3 is 0 Å². The van der Waals surface area contributed by atoms with Crippen LogP contribution in [0.2, 0.25) is 0 Å². The van der Waals surface area contributed by atoms with Gasteiger partial charge in [-0.15, -0.1) is 0 Å². The summed E-state index contributed by atoms with van der Waals surface area (Å²) >= 11 is 0. The van der Waals surface area contributed by atoms with E-state index >= 15 is 0 Å². The van der Waals surface area contributed by atoms with Crippen LogP contribution in [0.5, 0.6) is 0 Å². The van der Waals surface area contributed by atoms with Crippen LogP contribution in [-0.4, -0.2) is 41.4 Å². The smallest absolute Gasteiger partial charge is 0.223 e. The van der Waals surface area contributed by atoms with Crippen LogP contribution < -0.4 is 0 Å². The van der Waals surface area contributed by atoms with E-state index in [-0.39, 0.29) is 11.8 Å². The normalized spacial score (nSPS) is 23.5. The van der Waals surface area contributed by atoms with E-state index in [0.29, 0.717) is 19.5 Å². The van der Waals surface area contributed by atoms with Gasteiger partial charge in [0.25, 0.3) is 0 Å². The molecule has 0 unspecified atom stereocenters. The number of hydrogen-bond donors (Lipinski definition) is 0. The van der Waals surface area contributed by atoms with Crippen LogP contribution >= 0.6 is 0 Å². The van der Waals surface area contributed by atoms with Gasteiger partial charge in [0.2, 0.25) is 11.8 Å². The molecule has 0 saturated carbocycles. The lowest BCUT2D eigenvalue weighted by Crippen LogP contribution is -2.43. The number of hydrogen-bond acceptors (Lipinski definition) is 2. The van der Waals surface area contributed by atoms with Crippen molar-refractivity contribution >= 4 is 11.8 Å². The van der Waals surface area contributed by atoms with Crippen LogP contribution in [0, 0.1) is 0 Å². The summed E-state index contributed by atoms with van der Waals surface area (Å²) in [5, 5.41) is 0. The Morgan fingerprint density at radius 1 is 0.706 bits per heavy atom. The van der Waals surface area contributed by atoms with E-state index in [2.05, 4.69) is 0 Å². The topological polar surface area (TPSA) is 40.6 Å². The third-order valence-electron chi connectivity index (χ3n) is 3.68. The predicted octanol–water partition coefficient (Wildman–Crippen LogP) is 1.75. The molecule has 2 rings (SSSR count). The zero-order valence-corrected chi connectivity index (χ0v) is 10.5. The second kappa shape index (κ2) is 6.03. The molecule has 0 bridgehead atoms. The molecule has 0 radical (unpaired) electrons. The van der Waals surface area contributed by atoms with Gasteiger partial charge in [-0.05, 0) is 25.7 Å². The molecule has 0 aliphatic carbocycles. The first-order chi connectivity index (χ1) is 8.27. The van der Waals surface area contributed by atoms with E-state index in [1.165, 1.54) is 0 Å². The lowest BCUT2D eigenvalue weighted by atomic mass is 10.2. The van der Waals surface area contributed by atoms with Gasteiger partial charge in [0.15, 0.2) is 0 Å². The molecule has 0 N–H and O–H groups in total. The maximum atomic E-state index is 11.9. The summed E-state index contributed by atoms with van der Waals surface area (Å²) in [6.07, 6.45) is 7.74. The molecule has 2 aliphatic heterocycles. The highest BCUT2D eigenvalue weighted by atomic mass is 16.2. The van der Waals surface area contributed by atoms with E-state index in [4.69, 9.17) is 0 Å². The van der Waals surface area contributed by atoms with Crippen molar-refractivity contribution in [2.45, 2.75) is 51.4 Å². The standard InChI is InChI=1S/C13H22N2O2/c16-12-7-3-1-5-9-14(12)11-15-10-6-2-4-8-13(15)17/h1-11H2. The molecule has 0 spiro atoms. The molecule has 96 valence electrons. The summed E-state index contributed by atoms with van der Waals surface area (Å²) in [6.45, 7) is 2.17. The molecule has 2 amide bonds. The highest BCUT2D eigenvalue weighted by Gasteiger charge is 2.22. The van der Waals surface area contributed by atoms with Crippen molar-refractivity contribution < 1.29 is 9.59 Å². The minimum Gasteiger partial charge on any atom is -0.325 e. The Morgan fingerprint density at radius 3 is 1.65 bits per heavy atom. The predicted molar refractivity (Wildman–Crippen MR) is 65.2 cm³/mol. The van der Waals surface area contributed by atoms with Gasteiger partial charge in [-0.3, -0.25) is 9.59 Å². The van der Waals surface area contributed by atoms with E-state index in [1.54, 1.807) is 0 Å². The van der Waals surface area contributed by atoms with Gasteiger partial charge in [0.05, 0.1) is 6.67 Å². The van der Waals surface area contributed by atoms with E-state index in [0.717, 1.165) is 51.6 Å². The van der Waals surface area contributed by atoms with Crippen LogP contribution in [0.4, 0.5) is 0 Å². The zero-order chi connectivity index (χ0) is 12.1. The van der Waals surface area contributed by atoms with Crippen LogP contribution in [0.3, 0.4) is 0 Å². The van der Waals surface area contributed by atoms with Crippen LogP contribution in [0.15, 0.2) is 0 Å². The second-order valence-corrected chi connectivity index (χ2v) is 5.08. The molecule has 4 nitrogen and oxygen atoms in total. The monoisotopic (exact) mass is 238 g/mol. The Bertz CT molecular complexity index is 263. The minimum absolute atomic E-state index is 0.222. The van der Waals surface area contributed by atoms with Crippen molar-refractivity contribution in [2.75, 3.05) is 19.8 Å². The molecular weight excluding hydrogens is 216 g/mol. The molecular formula is C13H22N2O2. The Balaban J connectivity index is 1.92. The highest BCUT2D eigenvalue weighted by Crippen LogP contribution is 2.15. The fraction of sp³-hybridized carbons (Fsp3) is 0.846. The number of likely N-dealkylation sites (tertiary alicyclic amines) is 2. The van der Waals surface area contributed by atoms with Gasteiger partial charge < -0.3 is 9.80 Å². The van der Waals surface area contributed by atoms with Crippen molar-refractivity contribution in [1.29, 1.82) is 0 Å². The van der Waals surface area contributed by atoms with Crippen molar-refractivity contribution in [3.05, 3.63) is 0 Å². The first-order valence-corrected chi connectivity index (χ1v) is 6.83. The van der Waals surface area contributed by atoms with Crippen molar-refractivity contribution in [1.82, 2.24) is 9.80 Å². The number of carbonyl (C=O) groups is 2.